The number of allylic oxidation sites excluding steroid dienone is 11. The van der Waals surface area contributed by atoms with E-state index < -0.39 is 0 Å². The van der Waals surface area contributed by atoms with Crippen molar-refractivity contribution in [1.82, 2.24) is 29.4 Å². The van der Waals surface area contributed by atoms with E-state index in [-0.39, 0.29) is 0 Å². The fraction of sp³-hybridized carbons (Fsp3) is 0.575. The van der Waals surface area contributed by atoms with Crippen LogP contribution in [0.15, 0.2) is 239 Å². The van der Waals surface area contributed by atoms with E-state index in [2.05, 4.69) is 374 Å². The highest BCUT2D eigenvalue weighted by molar-refractivity contribution is 5.77. The normalized spacial score (nSPS) is 24.7. The van der Waals surface area contributed by atoms with Gasteiger partial charge in [0.05, 0.1) is 5.70 Å². The minimum absolute atomic E-state index is 0.429. The smallest absolute Gasteiger partial charge is 0.109 e. The van der Waals surface area contributed by atoms with E-state index in [0.717, 1.165) is 53.4 Å². The monoisotopic (exact) mass is 1870 g/mol. The summed E-state index contributed by atoms with van der Waals surface area (Å²) in [5.41, 5.74) is 35.8. The first-order valence-corrected chi connectivity index (χ1v) is 56.2. The van der Waals surface area contributed by atoms with Crippen LogP contribution in [0.25, 0.3) is 5.70 Å². The minimum atomic E-state index is 0.429. The van der Waals surface area contributed by atoms with Gasteiger partial charge in [0, 0.05) is 150 Å². The Kier molecular flexibility index (Phi) is 33.4. The number of nitrogens with zero attached hydrogens (tertiary/aromatic N) is 12. The molecule has 0 saturated heterocycles. The van der Waals surface area contributed by atoms with E-state index in [9.17, 15) is 0 Å². The Morgan fingerprint density at radius 1 is 0.180 bits per heavy atom. The number of para-hydroxylation sites is 6. The lowest BCUT2D eigenvalue weighted by molar-refractivity contribution is 0.125. The van der Waals surface area contributed by atoms with Crippen LogP contribution in [0.4, 0.5) is 34.1 Å². The van der Waals surface area contributed by atoms with Crippen LogP contribution in [0.5, 0.6) is 0 Å². The van der Waals surface area contributed by atoms with Gasteiger partial charge in [0.25, 0.3) is 0 Å². The van der Waals surface area contributed by atoms with Crippen LogP contribution in [0.1, 0.15) is 345 Å². The van der Waals surface area contributed by atoms with Gasteiger partial charge < -0.3 is 58.8 Å². The van der Waals surface area contributed by atoms with E-state index in [4.69, 9.17) is 0 Å². The van der Waals surface area contributed by atoms with Crippen LogP contribution in [0.3, 0.4) is 0 Å². The molecule has 9 aliphatic carbocycles. The third kappa shape index (κ3) is 21.0. The van der Waals surface area contributed by atoms with Gasteiger partial charge in [-0.3, -0.25) is 0 Å². The summed E-state index contributed by atoms with van der Waals surface area (Å²) in [6, 6.07) is 64.9. The number of hydrogen-bond acceptors (Lipinski definition) is 12. The maximum absolute atomic E-state index is 2.86. The molecule has 748 valence electrons. The summed E-state index contributed by atoms with van der Waals surface area (Å²) >= 11 is 0. The van der Waals surface area contributed by atoms with Gasteiger partial charge in [0.1, 0.15) is 37.0 Å². The molecular formula is C127H180N12. The van der Waals surface area contributed by atoms with Crippen LogP contribution in [0.2, 0.25) is 0 Å². The minimum Gasteiger partial charge on any atom is -0.356 e. The Morgan fingerprint density at radius 3 is 0.691 bits per heavy atom. The molecule has 12 heteroatoms. The molecule has 0 radical (unpaired) electrons. The molecule has 9 fully saturated rings. The molecule has 9 saturated carbocycles. The molecule has 6 aliphatic heterocycles. The zero-order valence-corrected chi connectivity index (χ0v) is 90.1. The quantitative estimate of drug-likeness (QED) is 0.0925. The molecule has 7 aromatic rings. The molecule has 0 N–H and O–H groups in total. The Hall–Kier alpha value is -9.42. The molecule has 0 amide bonds. The fourth-order valence-electron chi connectivity index (χ4n) is 29.7. The third-order valence-corrected chi connectivity index (χ3v) is 37.2. The zero-order valence-electron chi connectivity index (χ0n) is 90.1. The van der Waals surface area contributed by atoms with Gasteiger partial charge in [0.15, 0.2) is 0 Å². The fourth-order valence-corrected chi connectivity index (χ4v) is 29.7. The van der Waals surface area contributed by atoms with Crippen molar-refractivity contribution < 1.29 is 0 Å². The molecule has 0 aromatic heterocycles. The predicted octanol–water partition coefficient (Wildman–Crippen LogP) is 32.7. The van der Waals surface area contributed by atoms with E-state index in [1.54, 1.807) is 11.4 Å². The lowest BCUT2D eigenvalue weighted by Crippen LogP contribution is -2.50. The summed E-state index contributed by atoms with van der Waals surface area (Å²) in [5, 5.41) is 0. The first-order valence-electron chi connectivity index (χ1n) is 56.2. The lowest BCUT2D eigenvalue weighted by Gasteiger charge is -2.44. The molecular weight excluding hydrogens is 1690 g/mol. The van der Waals surface area contributed by atoms with Crippen molar-refractivity contribution in [2.24, 2.45) is 47.3 Å². The number of rotatable bonds is 16. The standard InChI is InChI=1S/2C23H34N2.C23H28N2.C22H32N2.2C18H26N2/c1-17-11-7-10-16-22(17)25-19(3)18(2)24(21-14-5-4-6-15-21)23(25)20-12-8-9-13-20;2*1-17-11-7-10-16-21(17)25-18(2)22(19-12-5-4-6-13-19)24(3)23(25)20-14-8-9-15-20;1-16-10-4-9-15-20(16)24-17(2)21(18-11-5-6-12-18)23(3)22(24)19-13-7-8-14-19;2*1-13-9-5-8-12-17(13)20-15(3)14(2)19(4)18(20)16-10-6-7-11-16/h7,10-11,16,20-21,23H,4-6,8-9,12-15H2,1-3H3;7,10-11,16,19-20,23H,4-6,8-9,12-15H2,1-3H3;4-7,10-13,16,20,23H,8-9,14-15H2,1-3H3;4,9-10,15,18-19,22H,5-8,11-14H2,1-3H3;2*5,8-9,12,16,18H,6-7,10-11H2,1-4H3. The zero-order chi connectivity index (χ0) is 97.4. The van der Waals surface area contributed by atoms with Crippen LogP contribution in [-0.2, 0) is 0 Å². The third-order valence-electron chi connectivity index (χ3n) is 37.2. The molecule has 6 atom stereocenters. The van der Waals surface area contributed by atoms with Crippen molar-refractivity contribution in [2.75, 3.05) is 64.6 Å². The first-order chi connectivity index (χ1) is 67.4. The summed E-state index contributed by atoms with van der Waals surface area (Å²) < 4.78 is 0. The van der Waals surface area contributed by atoms with Crippen molar-refractivity contribution in [3.05, 3.63) is 278 Å². The molecule has 0 spiro atoms. The second-order valence-corrected chi connectivity index (χ2v) is 45.5. The van der Waals surface area contributed by atoms with Gasteiger partial charge in [-0.25, -0.2) is 0 Å². The average Bonchev–Trinajstić information content (AvgIpc) is 1.62. The van der Waals surface area contributed by atoms with Crippen LogP contribution >= 0.6 is 0 Å². The largest absolute Gasteiger partial charge is 0.356 e. The number of benzene rings is 7. The molecule has 22 rings (SSSR count). The Bertz CT molecular complexity index is 5340. The van der Waals surface area contributed by atoms with Crippen LogP contribution in [0, 0.1) is 88.9 Å². The number of anilines is 6. The Balaban J connectivity index is 0.000000116. The molecule has 7 aromatic carbocycles. The Morgan fingerprint density at radius 2 is 0.396 bits per heavy atom. The summed E-state index contributed by atoms with van der Waals surface area (Å²) in [5.74, 6) is 6.32. The maximum Gasteiger partial charge on any atom is 0.109 e. The molecule has 6 heterocycles. The summed E-state index contributed by atoms with van der Waals surface area (Å²) in [6.45, 7) is 34.3. The predicted molar refractivity (Wildman–Crippen MR) is 592 cm³/mol. The molecule has 0 bridgehead atoms. The van der Waals surface area contributed by atoms with Crippen molar-refractivity contribution in [3.63, 3.8) is 0 Å². The van der Waals surface area contributed by atoms with Gasteiger partial charge in [0.2, 0.25) is 0 Å². The summed E-state index contributed by atoms with van der Waals surface area (Å²) in [6.07, 6.45) is 56.0. The maximum atomic E-state index is 2.86. The number of aryl methyl sites for hydroxylation is 6. The molecule has 139 heavy (non-hydrogen) atoms. The molecule has 15 aliphatic rings. The van der Waals surface area contributed by atoms with E-state index in [1.807, 2.05) is 0 Å². The SMILES string of the molecule is CC1=C(C)N(C2CCCCC2)C(C2CCCC2)N1c1ccccc1C.CC1=C(C)N(c2ccccc2C)C(C2CCCC2)N1C.CC1=C(C)N(c2ccccc2C)C(C2CCCC2)N1C.CC1=C(C2CCCC2)N(C)C(C2CCCC2)N1c1ccccc1C.CC1=C(C2CCCCC2)N(C)C(C2CCCC2)N1c1ccccc1C.CC1=C(c2ccccc2)N(C)C(C2CCCC2)N1c1ccccc1C. The van der Waals surface area contributed by atoms with Crippen molar-refractivity contribution in [3.8, 4) is 0 Å². The molecule has 6 unspecified atom stereocenters. The molecule has 12 nitrogen and oxygen atoms in total. The number of hydrogen-bond donors (Lipinski definition) is 0. The van der Waals surface area contributed by atoms with E-state index in [0.29, 0.717) is 37.0 Å². The van der Waals surface area contributed by atoms with Crippen LogP contribution in [-0.4, -0.2) is 108 Å². The highest BCUT2D eigenvalue weighted by atomic mass is 15.5. The lowest BCUT2D eigenvalue weighted by atomic mass is 9.86. The van der Waals surface area contributed by atoms with Gasteiger partial charge in [-0.2, -0.15) is 0 Å². The highest BCUT2D eigenvalue weighted by Crippen LogP contribution is 2.54. The average molecular weight is 1870 g/mol. The summed E-state index contributed by atoms with van der Waals surface area (Å²) in [7, 11) is 11.6. The van der Waals surface area contributed by atoms with Gasteiger partial charge >= 0.3 is 0 Å². The first kappa shape index (κ1) is 101. The van der Waals surface area contributed by atoms with Crippen LogP contribution < -0.4 is 29.4 Å². The van der Waals surface area contributed by atoms with Gasteiger partial charge in [-0.1, -0.05) is 268 Å². The van der Waals surface area contributed by atoms with Crippen molar-refractivity contribution in [1.29, 1.82) is 0 Å². The van der Waals surface area contributed by atoms with E-state index in [1.165, 1.54) is 374 Å². The van der Waals surface area contributed by atoms with Crippen molar-refractivity contribution in [2.45, 2.75) is 391 Å². The summed E-state index contributed by atoms with van der Waals surface area (Å²) in [4.78, 5) is 31.6. The second kappa shape index (κ2) is 45.9. The van der Waals surface area contributed by atoms with Gasteiger partial charge in [-0.05, 0) is 330 Å². The van der Waals surface area contributed by atoms with Crippen molar-refractivity contribution >= 4 is 39.8 Å². The topological polar surface area (TPSA) is 38.9 Å². The second-order valence-electron chi connectivity index (χ2n) is 45.5. The van der Waals surface area contributed by atoms with E-state index >= 15 is 0 Å². The Labute approximate surface area is 844 Å². The highest BCUT2D eigenvalue weighted by Gasteiger charge is 2.50. The van der Waals surface area contributed by atoms with Gasteiger partial charge in [-0.15, -0.1) is 0 Å².